The molecule has 1 N–H and O–H groups in total. The molecule has 0 aromatic carbocycles. The summed E-state index contributed by atoms with van der Waals surface area (Å²) in [6, 6.07) is 0. The quantitative estimate of drug-likeness (QED) is 0.453. The second-order valence-electron chi connectivity index (χ2n) is 2.09. The van der Waals surface area contributed by atoms with Crippen molar-refractivity contribution < 1.29 is 14.6 Å². The number of hydrogen-bond donors (Lipinski definition) is 1. The molecule has 0 saturated carbocycles. The Kier molecular flexibility index (Phi) is 3.72. The van der Waals surface area contributed by atoms with Crippen molar-refractivity contribution in [2.75, 3.05) is 7.11 Å². The van der Waals surface area contributed by atoms with Gasteiger partial charge in [0, 0.05) is 6.08 Å². The van der Waals surface area contributed by atoms with Crippen LogP contribution in [0.1, 0.15) is 13.8 Å². The topological polar surface area (TPSA) is 46.5 Å². The molecule has 0 aromatic rings. The van der Waals surface area contributed by atoms with Gasteiger partial charge in [-0.3, -0.25) is 0 Å². The van der Waals surface area contributed by atoms with Gasteiger partial charge in [-0.1, -0.05) is 0 Å². The highest BCUT2D eigenvalue weighted by atomic mass is 16.5. The highest BCUT2D eigenvalue weighted by Crippen LogP contribution is 1.99. The average Bonchev–Trinajstić information content (AvgIpc) is 1.87. The molecule has 0 amide bonds. The lowest BCUT2D eigenvalue weighted by Crippen LogP contribution is -2.05. The van der Waals surface area contributed by atoms with Crippen molar-refractivity contribution in [1.29, 1.82) is 0 Å². The van der Waals surface area contributed by atoms with Gasteiger partial charge < -0.3 is 9.84 Å². The Hall–Kier alpha value is -0.830. The fourth-order valence-corrected chi connectivity index (χ4v) is 0.365. The van der Waals surface area contributed by atoms with Gasteiger partial charge in [-0.25, -0.2) is 4.79 Å². The molecule has 1 atom stereocenters. The predicted octanol–water partition coefficient (Wildman–Crippen LogP) is 0.486. The molecule has 0 aliphatic carbocycles. The SMILES string of the molecule is COC(=O)C=C(C)C(C)O. The summed E-state index contributed by atoms with van der Waals surface area (Å²) in [7, 11) is 1.30. The van der Waals surface area contributed by atoms with Gasteiger partial charge in [-0.15, -0.1) is 0 Å². The van der Waals surface area contributed by atoms with E-state index in [1.54, 1.807) is 13.8 Å². The Morgan fingerprint density at radius 2 is 2.20 bits per heavy atom. The lowest BCUT2D eigenvalue weighted by atomic mass is 10.2. The van der Waals surface area contributed by atoms with Crippen molar-refractivity contribution in [2.45, 2.75) is 20.0 Å². The number of hydrogen-bond acceptors (Lipinski definition) is 3. The van der Waals surface area contributed by atoms with Gasteiger partial charge >= 0.3 is 5.97 Å². The summed E-state index contributed by atoms with van der Waals surface area (Å²) in [6.45, 7) is 3.26. The van der Waals surface area contributed by atoms with Crippen molar-refractivity contribution in [2.24, 2.45) is 0 Å². The zero-order valence-corrected chi connectivity index (χ0v) is 6.42. The van der Waals surface area contributed by atoms with E-state index in [0.29, 0.717) is 5.57 Å². The first-order chi connectivity index (χ1) is 4.57. The van der Waals surface area contributed by atoms with Gasteiger partial charge in [-0.2, -0.15) is 0 Å². The van der Waals surface area contributed by atoms with Crippen molar-refractivity contribution in [3.8, 4) is 0 Å². The minimum atomic E-state index is -0.584. The number of esters is 1. The van der Waals surface area contributed by atoms with E-state index in [0.717, 1.165) is 0 Å². The van der Waals surface area contributed by atoms with Crippen LogP contribution in [0.5, 0.6) is 0 Å². The molecular weight excluding hydrogens is 132 g/mol. The van der Waals surface area contributed by atoms with Crippen LogP contribution < -0.4 is 0 Å². The van der Waals surface area contributed by atoms with Gasteiger partial charge in [0.15, 0.2) is 0 Å². The van der Waals surface area contributed by atoms with Crippen LogP contribution in [0, 0.1) is 0 Å². The first-order valence-corrected chi connectivity index (χ1v) is 3.02. The van der Waals surface area contributed by atoms with E-state index in [2.05, 4.69) is 4.74 Å². The smallest absolute Gasteiger partial charge is 0.330 e. The first kappa shape index (κ1) is 9.17. The molecule has 0 fully saturated rings. The fourth-order valence-electron chi connectivity index (χ4n) is 0.365. The number of rotatable bonds is 2. The van der Waals surface area contributed by atoms with Gasteiger partial charge in [0.1, 0.15) is 0 Å². The molecular formula is C7H12O3. The number of carbonyl (C=O) groups is 1. The van der Waals surface area contributed by atoms with Gasteiger partial charge in [0.2, 0.25) is 0 Å². The van der Waals surface area contributed by atoms with Crippen molar-refractivity contribution in [3.05, 3.63) is 11.6 Å². The fraction of sp³-hybridized carbons (Fsp3) is 0.571. The zero-order valence-electron chi connectivity index (χ0n) is 6.42. The van der Waals surface area contributed by atoms with E-state index in [1.165, 1.54) is 13.2 Å². The molecule has 0 heterocycles. The highest BCUT2D eigenvalue weighted by Gasteiger charge is 2.00. The van der Waals surface area contributed by atoms with E-state index < -0.39 is 12.1 Å². The standard InChI is InChI=1S/C7H12O3/c1-5(6(2)8)4-7(9)10-3/h4,6,8H,1-3H3. The van der Waals surface area contributed by atoms with Crippen LogP contribution in [0.2, 0.25) is 0 Å². The van der Waals surface area contributed by atoms with Crippen LogP contribution in [-0.4, -0.2) is 24.3 Å². The van der Waals surface area contributed by atoms with E-state index in [4.69, 9.17) is 5.11 Å². The molecule has 0 rings (SSSR count). The van der Waals surface area contributed by atoms with Crippen LogP contribution in [0.3, 0.4) is 0 Å². The van der Waals surface area contributed by atoms with Gasteiger partial charge in [0.25, 0.3) is 0 Å². The molecule has 0 aliphatic heterocycles. The van der Waals surface area contributed by atoms with Crippen LogP contribution in [0.15, 0.2) is 11.6 Å². The number of aliphatic hydroxyl groups excluding tert-OH is 1. The summed E-state index contributed by atoms with van der Waals surface area (Å²) in [5, 5.41) is 8.89. The first-order valence-electron chi connectivity index (χ1n) is 3.02. The second kappa shape index (κ2) is 4.06. The molecule has 0 radical (unpaired) electrons. The monoisotopic (exact) mass is 144 g/mol. The minimum absolute atomic E-state index is 0.432. The number of carbonyl (C=O) groups excluding carboxylic acids is 1. The molecule has 1 unspecified atom stereocenters. The Morgan fingerprint density at radius 1 is 1.70 bits per heavy atom. The number of aliphatic hydroxyl groups is 1. The average molecular weight is 144 g/mol. The minimum Gasteiger partial charge on any atom is -0.466 e. The highest BCUT2D eigenvalue weighted by molar-refractivity contribution is 5.82. The summed E-state index contributed by atoms with van der Waals surface area (Å²) < 4.78 is 4.34. The molecule has 10 heavy (non-hydrogen) atoms. The van der Waals surface area contributed by atoms with Crippen LogP contribution in [0.4, 0.5) is 0 Å². The van der Waals surface area contributed by atoms with Gasteiger partial charge in [0.05, 0.1) is 13.2 Å². The maximum atomic E-state index is 10.5. The third-order valence-corrected chi connectivity index (χ3v) is 1.21. The normalized spacial score (nSPS) is 14.6. The lowest BCUT2D eigenvalue weighted by molar-refractivity contribution is -0.134. The molecule has 0 spiro atoms. The number of ether oxygens (including phenoxy) is 1. The molecule has 0 aromatic heterocycles. The summed E-state index contributed by atoms with van der Waals surface area (Å²) in [5.41, 5.74) is 0.604. The zero-order chi connectivity index (χ0) is 8.15. The molecule has 0 saturated heterocycles. The van der Waals surface area contributed by atoms with Crippen molar-refractivity contribution >= 4 is 5.97 Å². The van der Waals surface area contributed by atoms with Crippen LogP contribution in [-0.2, 0) is 9.53 Å². The third kappa shape index (κ3) is 3.25. The maximum Gasteiger partial charge on any atom is 0.330 e. The molecule has 3 nitrogen and oxygen atoms in total. The summed E-state index contributed by atoms with van der Waals surface area (Å²) in [5.74, 6) is -0.432. The predicted molar refractivity (Wildman–Crippen MR) is 37.5 cm³/mol. The van der Waals surface area contributed by atoms with Crippen LogP contribution in [0.25, 0.3) is 0 Å². The molecule has 3 heteroatoms. The molecule has 0 bridgehead atoms. The second-order valence-corrected chi connectivity index (χ2v) is 2.09. The van der Waals surface area contributed by atoms with Crippen LogP contribution >= 0.6 is 0 Å². The maximum absolute atomic E-state index is 10.5. The molecule has 58 valence electrons. The number of methoxy groups -OCH3 is 1. The Labute approximate surface area is 60.3 Å². The molecule has 0 aliphatic rings. The van der Waals surface area contributed by atoms with E-state index >= 15 is 0 Å². The largest absolute Gasteiger partial charge is 0.466 e. The summed E-state index contributed by atoms with van der Waals surface area (Å²) >= 11 is 0. The van der Waals surface area contributed by atoms with Gasteiger partial charge in [-0.05, 0) is 19.4 Å². The Morgan fingerprint density at radius 3 is 2.50 bits per heavy atom. The summed E-state index contributed by atoms with van der Waals surface area (Å²) in [4.78, 5) is 10.5. The summed E-state index contributed by atoms with van der Waals surface area (Å²) in [6.07, 6.45) is 0.684. The Balaban J connectivity index is 4.03. The van der Waals surface area contributed by atoms with Crippen molar-refractivity contribution in [3.63, 3.8) is 0 Å². The third-order valence-electron chi connectivity index (χ3n) is 1.21. The van der Waals surface area contributed by atoms with Crippen molar-refractivity contribution in [1.82, 2.24) is 0 Å². The lowest BCUT2D eigenvalue weighted by Gasteiger charge is -2.01. The Bertz CT molecular complexity index is 147. The van der Waals surface area contributed by atoms with E-state index in [1.807, 2.05) is 0 Å². The van der Waals surface area contributed by atoms with E-state index in [-0.39, 0.29) is 0 Å². The van der Waals surface area contributed by atoms with E-state index in [9.17, 15) is 4.79 Å².